The molecule has 0 radical (unpaired) electrons. The van der Waals surface area contributed by atoms with Crippen LogP contribution < -0.4 is 10.6 Å². The van der Waals surface area contributed by atoms with Crippen LogP contribution in [0.2, 0.25) is 0 Å². The predicted octanol–water partition coefficient (Wildman–Crippen LogP) is 0.552. The average Bonchev–Trinajstić information content (AvgIpc) is 2.88. The maximum atomic E-state index is 12.9. The fourth-order valence-electron chi connectivity index (χ4n) is 3.23. The smallest absolute Gasteiger partial charge is 0.256 e. The first-order chi connectivity index (χ1) is 12.3. The molecule has 1 atom stereocenters. The molecule has 1 aromatic carbocycles. The minimum atomic E-state index is -0.672. The van der Waals surface area contributed by atoms with E-state index in [-0.39, 0.29) is 37.2 Å². The Morgan fingerprint density at radius 1 is 1.35 bits per heavy atom. The van der Waals surface area contributed by atoms with Gasteiger partial charge in [0.05, 0.1) is 12.1 Å². The summed E-state index contributed by atoms with van der Waals surface area (Å²) in [6.45, 7) is 0.459. The Kier molecular flexibility index (Phi) is 5.28. The maximum Gasteiger partial charge on any atom is 0.256 e. The molecule has 2 aliphatic rings. The molecule has 26 heavy (non-hydrogen) atoms. The fourth-order valence-corrected chi connectivity index (χ4v) is 3.96. The van der Waals surface area contributed by atoms with Gasteiger partial charge in [0.15, 0.2) is 0 Å². The summed E-state index contributed by atoms with van der Waals surface area (Å²) in [7, 11) is 3.60. The fraction of sp³-hybridized carbons (Fsp3) is 0.412. The van der Waals surface area contributed by atoms with Crippen LogP contribution in [0.3, 0.4) is 0 Å². The monoisotopic (exact) mass is 470 g/mol. The van der Waals surface area contributed by atoms with Crippen molar-refractivity contribution in [2.24, 2.45) is 0 Å². The van der Waals surface area contributed by atoms with Gasteiger partial charge in [0.1, 0.15) is 6.04 Å². The Labute approximate surface area is 164 Å². The zero-order valence-corrected chi connectivity index (χ0v) is 16.6. The summed E-state index contributed by atoms with van der Waals surface area (Å²) < 4.78 is 0.767. The average molecular weight is 470 g/mol. The molecule has 2 aliphatic heterocycles. The van der Waals surface area contributed by atoms with E-state index in [0.29, 0.717) is 23.2 Å². The summed E-state index contributed by atoms with van der Waals surface area (Å²) in [6.07, 6.45) is 0.517. The number of fused-ring (bicyclic) bond motifs is 1. The zero-order chi connectivity index (χ0) is 19.0. The first-order valence-corrected chi connectivity index (χ1v) is 9.26. The van der Waals surface area contributed by atoms with Gasteiger partial charge in [-0.3, -0.25) is 24.5 Å². The van der Waals surface area contributed by atoms with Crippen LogP contribution in [-0.4, -0.2) is 60.1 Å². The summed E-state index contributed by atoms with van der Waals surface area (Å²) in [6, 6.07) is 2.88. The summed E-state index contributed by atoms with van der Waals surface area (Å²) in [5, 5.41) is 5.13. The molecule has 138 valence electrons. The molecule has 0 saturated carbocycles. The van der Waals surface area contributed by atoms with E-state index in [4.69, 9.17) is 0 Å². The van der Waals surface area contributed by atoms with Crippen molar-refractivity contribution in [2.75, 3.05) is 26.0 Å². The van der Waals surface area contributed by atoms with Crippen molar-refractivity contribution in [3.8, 4) is 0 Å². The molecule has 1 fully saturated rings. The highest BCUT2D eigenvalue weighted by molar-refractivity contribution is 14.1. The number of likely N-dealkylation sites (N-methyl/N-ethyl adjacent to an activating group) is 1. The lowest BCUT2D eigenvalue weighted by molar-refractivity contribution is -0.137. The Hall–Kier alpha value is -2.01. The zero-order valence-electron chi connectivity index (χ0n) is 14.5. The Bertz CT molecular complexity index is 808. The van der Waals surface area contributed by atoms with Crippen molar-refractivity contribution in [3.63, 3.8) is 0 Å². The number of rotatable bonds is 4. The van der Waals surface area contributed by atoms with Gasteiger partial charge in [-0.05, 0) is 55.2 Å². The first-order valence-electron chi connectivity index (χ1n) is 8.18. The van der Waals surface area contributed by atoms with E-state index in [0.717, 1.165) is 3.57 Å². The third-order valence-corrected chi connectivity index (χ3v) is 5.28. The molecule has 2 N–H and O–H groups in total. The van der Waals surface area contributed by atoms with Crippen molar-refractivity contribution in [1.29, 1.82) is 0 Å². The van der Waals surface area contributed by atoms with Crippen LogP contribution in [0.5, 0.6) is 0 Å². The molecule has 1 saturated heterocycles. The van der Waals surface area contributed by atoms with Gasteiger partial charge in [0, 0.05) is 27.8 Å². The minimum Gasteiger partial charge on any atom is -0.325 e. The third-order valence-electron chi connectivity index (χ3n) is 4.39. The molecule has 3 rings (SSSR count). The normalized spacial score (nSPS) is 19.6. The number of halogens is 1. The molecule has 0 spiro atoms. The number of nitrogens with zero attached hydrogens (tertiary/aromatic N) is 2. The van der Waals surface area contributed by atoms with Gasteiger partial charge in [-0.2, -0.15) is 0 Å². The van der Waals surface area contributed by atoms with E-state index in [9.17, 15) is 19.2 Å². The first kappa shape index (κ1) is 18.8. The van der Waals surface area contributed by atoms with E-state index in [2.05, 4.69) is 33.2 Å². The predicted molar refractivity (Wildman–Crippen MR) is 102 cm³/mol. The molecular weight excluding hydrogens is 451 g/mol. The molecule has 4 amide bonds. The SMILES string of the molecule is CN(C)CC(=O)Nc1ccc(I)c2c1CN(C1CCC(=O)NC1=O)C2=O. The lowest BCUT2D eigenvalue weighted by Crippen LogP contribution is -2.52. The Balaban J connectivity index is 1.87. The van der Waals surface area contributed by atoms with Crippen molar-refractivity contribution in [2.45, 2.75) is 25.4 Å². The van der Waals surface area contributed by atoms with E-state index >= 15 is 0 Å². The number of carbonyl (C=O) groups is 4. The maximum absolute atomic E-state index is 12.9. The van der Waals surface area contributed by atoms with Crippen molar-refractivity contribution >= 4 is 51.9 Å². The number of imide groups is 1. The molecule has 9 heteroatoms. The molecule has 1 aromatic rings. The van der Waals surface area contributed by atoms with Gasteiger partial charge in [-0.15, -0.1) is 0 Å². The second-order valence-corrected chi connectivity index (χ2v) is 7.80. The molecule has 8 nitrogen and oxygen atoms in total. The number of benzene rings is 1. The van der Waals surface area contributed by atoms with Crippen LogP contribution in [0.25, 0.3) is 0 Å². The standard InChI is InChI=1S/C17H19IN4O4/c1-21(2)8-14(24)19-11-4-3-10(18)15-9(11)7-22(17(15)26)12-5-6-13(23)20-16(12)25/h3-4,12H,5-8H2,1-2H3,(H,19,24)(H,20,23,25). The second-order valence-electron chi connectivity index (χ2n) is 6.63. The van der Waals surface area contributed by atoms with E-state index < -0.39 is 11.9 Å². The van der Waals surface area contributed by atoms with Gasteiger partial charge in [0.2, 0.25) is 17.7 Å². The topological polar surface area (TPSA) is 98.8 Å². The van der Waals surface area contributed by atoms with Crippen LogP contribution >= 0.6 is 22.6 Å². The minimum absolute atomic E-state index is 0.176. The highest BCUT2D eigenvalue weighted by Gasteiger charge is 2.41. The highest BCUT2D eigenvalue weighted by atomic mass is 127. The van der Waals surface area contributed by atoms with Crippen molar-refractivity contribution in [3.05, 3.63) is 26.8 Å². The number of hydrogen-bond acceptors (Lipinski definition) is 5. The van der Waals surface area contributed by atoms with Gasteiger partial charge in [0.25, 0.3) is 5.91 Å². The second kappa shape index (κ2) is 7.31. The lowest BCUT2D eigenvalue weighted by atomic mass is 10.0. The van der Waals surface area contributed by atoms with Crippen LogP contribution in [-0.2, 0) is 20.9 Å². The Morgan fingerprint density at radius 2 is 2.08 bits per heavy atom. The molecule has 0 aromatic heterocycles. The number of piperidine rings is 1. The van der Waals surface area contributed by atoms with Crippen molar-refractivity contribution in [1.82, 2.24) is 15.1 Å². The highest BCUT2D eigenvalue weighted by Crippen LogP contribution is 2.35. The number of carbonyl (C=O) groups excluding carboxylic acids is 4. The van der Waals surface area contributed by atoms with E-state index in [1.54, 1.807) is 31.1 Å². The van der Waals surface area contributed by atoms with Crippen molar-refractivity contribution < 1.29 is 19.2 Å². The van der Waals surface area contributed by atoms with E-state index in [1.165, 1.54) is 4.90 Å². The summed E-state index contributed by atoms with van der Waals surface area (Å²) in [5.74, 6) is -1.19. The molecular formula is C17H19IN4O4. The van der Waals surface area contributed by atoms with Crippen LogP contribution in [0.4, 0.5) is 5.69 Å². The molecule has 0 aliphatic carbocycles. The number of nitrogens with one attached hydrogen (secondary N) is 2. The molecule has 1 unspecified atom stereocenters. The third kappa shape index (κ3) is 3.58. The summed E-state index contributed by atoms with van der Waals surface area (Å²) >= 11 is 2.08. The van der Waals surface area contributed by atoms with Gasteiger partial charge in [-0.25, -0.2) is 0 Å². The van der Waals surface area contributed by atoms with Gasteiger partial charge >= 0.3 is 0 Å². The van der Waals surface area contributed by atoms with Crippen LogP contribution in [0.15, 0.2) is 12.1 Å². The summed E-state index contributed by atoms with van der Waals surface area (Å²) in [5.41, 5.74) is 1.80. The van der Waals surface area contributed by atoms with Crippen LogP contribution in [0, 0.1) is 3.57 Å². The largest absolute Gasteiger partial charge is 0.325 e. The molecule has 0 bridgehead atoms. The van der Waals surface area contributed by atoms with Gasteiger partial charge in [-0.1, -0.05) is 0 Å². The number of amides is 4. The Morgan fingerprint density at radius 3 is 2.73 bits per heavy atom. The van der Waals surface area contributed by atoms with E-state index in [1.807, 2.05) is 0 Å². The number of hydrogen-bond donors (Lipinski definition) is 2. The molecule has 2 heterocycles. The summed E-state index contributed by atoms with van der Waals surface area (Å²) in [4.78, 5) is 51.8. The quantitative estimate of drug-likeness (QED) is 0.495. The van der Waals surface area contributed by atoms with Gasteiger partial charge < -0.3 is 15.1 Å². The lowest BCUT2D eigenvalue weighted by Gasteiger charge is -2.29. The number of anilines is 1. The van der Waals surface area contributed by atoms with Crippen LogP contribution in [0.1, 0.15) is 28.8 Å².